The summed E-state index contributed by atoms with van der Waals surface area (Å²) in [4.78, 5) is 20.9. The van der Waals surface area contributed by atoms with Gasteiger partial charge in [0, 0.05) is 32.1 Å². The van der Waals surface area contributed by atoms with E-state index < -0.39 is 38.6 Å². The molecule has 0 radical (unpaired) electrons. The number of carbonyl (C=O) groups is 2. The van der Waals surface area contributed by atoms with Crippen LogP contribution in [0.25, 0.3) is 0 Å². The summed E-state index contributed by atoms with van der Waals surface area (Å²) in [7, 11) is -4.16. The largest absolute Gasteiger partial charge is 0.481 e. The SMILES string of the molecule is O=C(O)CCCNC(=O)NCCNS(=O)(=O)c1ccc(F)cc1F. The minimum absolute atomic E-state index is 0.0766. The highest BCUT2D eigenvalue weighted by atomic mass is 32.2. The van der Waals surface area contributed by atoms with E-state index in [4.69, 9.17) is 5.11 Å². The second kappa shape index (κ2) is 9.13. The molecule has 0 unspecified atom stereocenters. The maximum atomic E-state index is 13.4. The number of rotatable bonds is 9. The first kappa shape index (κ1) is 19.8. The number of aliphatic carboxylic acids is 1. The average molecular weight is 365 g/mol. The smallest absolute Gasteiger partial charge is 0.314 e. The zero-order chi connectivity index (χ0) is 18.2. The number of amides is 2. The molecular weight excluding hydrogens is 348 g/mol. The van der Waals surface area contributed by atoms with Gasteiger partial charge in [0.1, 0.15) is 16.5 Å². The number of sulfonamides is 1. The van der Waals surface area contributed by atoms with E-state index in [0.29, 0.717) is 6.07 Å². The van der Waals surface area contributed by atoms with Crippen LogP contribution in [-0.2, 0) is 14.8 Å². The van der Waals surface area contributed by atoms with E-state index in [1.54, 1.807) is 0 Å². The van der Waals surface area contributed by atoms with Gasteiger partial charge in [-0.3, -0.25) is 4.79 Å². The fourth-order valence-corrected chi connectivity index (χ4v) is 2.73. The number of hydrogen-bond donors (Lipinski definition) is 4. The molecule has 2 amide bonds. The highest BCUT2D eigenvalue weighted by Crippen LogP contribution is 2.14. The van der Waals surface area contributed by atoms with Crippen molar-refractivity contribution in [3.05, 3.63) is 29.8 Å². The van der Waals surface area contributed by atoms with Crippen LogP contribution in [0.4, 0.5) is 13.6 Å². The van der Waals surface area contributed by atoms with Crippen molar-refractivity contribution in [2.24, 2.45) is 0 Å². The van der Waals surface area contributed by atoms with Gasteiger partial charge in [0.05, 0.1) is 0 Å². The lowest BCUT2D eigenvalue weighted by Crippen LogP contribution is -2.40. The third-order valence-electron chi connectivity index (χ3n) is 2.74. The van der Waals surface area contributed by atoms with Crippen molar-refractivity contribution in [2.75, 3.05) is 19.6 Å². The molecule has 134 valence electrons. The fraction of sp³-hybridized carbons (Fsp3) is 0.385. The number of halogens is 2. The minimum Gasteiger partial charge on any atom is -0.481 e. The van der Waals surface area contributed by atoms with E-state index >= 15 is 0 Å². The Morgan fingerprint density at radius 2 is 1.75 bits per heavy atom. The van der Waals surface area contributed by atoms with Gasteiger partial charge < -0.3 is 15.7 Å². The van der Waals surface area contributed by atoms with Crippen LogP contribution in [0.5, 0.6) is 0 Å². The van der Waals surface area contributed by atoms with E-state index in [1.807, 2.05) is 0 Å². The first-order chi connectivity index (χ1) is 11.2. The van der Waals surface area contributed by atoms with E-state index in [1.165, 1.54) is 0 Å². The molecule has 0 aromatic heterocycles. The van der Waals surface area contributed by atoms with Gasteiger partial charge in [0.2, 0.25) is 10.0 Å². The van der Waals surface area contributed by atoms with Crippen molar-refractivity contribution < 1.29 is 31.9 Å². The zero-order valence-electron chi connectivity index (χ0n) is 12.5. The number of carboxylic acids is 1. The van der Waals surface area contributed by atoms with Gasteiger partial charge in [-0.25, -0.2) is 26.7 Å². The zero-order valence-corrected chi connectivity index (χ0v) is 13.3. The monoisotopic (exact) mass is 365 g/mol. The maximum Gasteiger partial charge on any atom is 0.314 e. The van der Waals surface area contributed by atoms with Gasteiger partial charge in [-0.1, -0.05) is 0 Å². The van der Waals surface area contributed by atoms with Crippen LogP contribution in [0.3, 0.4) is 0 Å². The Morgan fingerprint density at radius 3 is 2.38 bits per heavy atom. The predicted octanol–water partition coefficient (Wildman–Crippen LogP) is 0.407. The molecule has 0 heterocycles. The van der Waals surface area contributed by atoms with Crippen LogP contribution < -0.4 is 15.4 Å². The van der Waals surface area contributed by atoms with Crippen molar-refractivity contribution in [3.63, 3.8) is 0 Å². The van der Waals surface area contributed by atoms with Crippen molar-refractivity contribution in [1.29, 1.82) is 0 Å². The quantitative estimate of drug-likeness (QED) is 0.472. The van der Waals surface area contributed by atoms with Crippen LogP contribution >= 0.6 is 0 Å². The lowest BCUT2D eigenvalue weighted by molar-refractivity contribution is -0.137. The maximum absolute atomic E-state index is 13.4. The van der Waals surface area contributed by atoms with Gasteiger partial charge in [-0.2, -0.15) is 0 Å². The van der Waals surface area contributed by atoms with Crippen LogP contribution in [0.1, 0.15) is 12.8 Å². The number of carbonyl (C=O) groups excluding carboxylic acids is 1. The number of nitrogens with one attached hydrogen (secondary N) is 3. The second-order valence-corrected chi connectivity index (χ2v) is 6.39. The van der Waals surface area contributed by atoms with Gasteiger partial charge in [-0.05, 0) is 18.6 Å². The topological polar surface area (TPSA) is 125 Å². The summed E-state index contributed by atoms with van der Waals surface area (Å²) >= 11 is 0. The number of carboxylic acid groups (broad SMARTS) is 1. The molecule has 0 bridgehead atoms. The highest BCUT2D eigenvalue weighted by Gasteiger charge is 2.18. The Bertz CT molecular complexity index is 697. The van der Waals surface area contributed by atoms with Crippen LogP contribution in [0, 0.1) is 11.6 Å². The predicted molar refractivity (Wildman–Crippen MR) is 79.8 cm³/mol. The molecule has 1 aromatic carbocycles. The molecular formula is C13H17F2N3O5S. The van der Waals surface area contributed by atoms with Gasteiger partial charge in [0.25, 0.3) is 0 Å². The summed E-state index contributed by atoms with van der Waals surface area (Å²) < 4.78 is 51.9. The molecule has 1 rings (SSSR count). The normalized spacial score (nSPS) is 11.1. The summed E-state index contributed by atoms with van der Waals surface area (Å²) in [5.74, 6) is -3.08. The van der Waals surface area contributed by atoms with Crippen LogP contribution in [-0.4, -0.2) is 45.2 Å². The number of urea groups is 1. The molecule has 1 aromatic rings. The standard InChI is InChI=1S/C13H17F2N3O5S/c14-9-3-4-11(10(15)8-9)24(22,23)18-7-6-17-13(21)16-5-1-2-12(19)20/h3-4,8,18H,1-2,5-7H2,(H,19,20)(H2,16,17,21). The Balaban J connectivity index is 2.33. The van der Waals surface area contributed by atoms with E-state index in [0.717, 1.165) is 12.1 Å². The van der Waals surface area contributed by atoms with Crippen molar-refractivity contribution in [3.8, 4) is 0 Å². The summed E-state index contributed by atoms with van der Waals surface area (Å²) in [5.41, 5.74) is 0. The first-order valence-corrected chi connectivity index (χ1v) is 8.39. The summed E-state index contributed by atoms with van der Waals surface area (Å²) in [6.07, 6.45) is 0.183. The molecule has 0 aliphatic carbocycles. The molecule has 0 fully saturated rings. The molecule has 0 saturated carbocycles. The number of hydrogen-bond acceptors (Lipinski definition) is 4. The summed E-state index contributed by atoms with van der Waals surface area (Å²) in [6, 6.07) is 1.49. The molecule has 0 aliphatic heterocycles. The Kier molecular flexibility index (Phi) is 7.52. The Hall–Kier alpha value is -2.27. The van der Waals surface area contributed by atoms with Gasteiger partial charge >= 0.3 is 12.0 Å². The van der Waals surface area contributed by atoms with Gasteiger partial charge in [-0.15, -0.1) is 0 Å². The third-order valence-corrected chi connectivity index (χ3v) is 4.23. The molecule has 4 N–H and O–H groups in total. The van der Waals surface area contributed by atoms with Gasteiger partial charge in [0.15, 0.2) is 0 Å². The lowest BCUT2D eigenvalue weighted by atomic mass is 10.3. The first-order valence-electron chi connectivity index (χ1n) is 6.90. The molecule has 0 spiro atoms. The fourth-order valence-electron chi connectivity index (χ4n) is 1.64. The second-order valence-electron chi connectivity index (χ2n) is 4.65. The van der Waals surface area contributed by atoms with Crippen molar-refractivity contribution in [2.45, 2.75) is 17.7 Å². The molecule has 0 atom stereocenters. The molecule has 8 nitrogen and oxygen atoms in total. The summed E-state index contributed by atoms with van der Waals surface area (Å²) in [5, 5.41) is 13.1. The van der Waals surface area contributed by atoms with E-state index in [2.05, 4.69) is 15.4 Å². The third kappa shape index (κ3) is 6.87. The Labute approximate surface area is 137 Å². The van der Waals surface area contributed by atoms with E-state index in [-0.39, 0.29) is 32.5 Å². The highest BCUT2D eigenvalue weighted by molar-refractivity contribution is 7.89. The van der Waals surface area contributed by atoms with Crippen LogP contribution in [0.2, 0.25) is 0 Å². The minimum atomic E-state index is -4.16. The Morgan fingerprint density at radius 1 is 1.08 bits per heavy atom. The lowest BCUT2D eigenvalue weighted by Gasteiger charge is -2.09. The summed E-state index contributed by atoms with van der Waals surface area (Å²) in [6.45, 7) is -0.126. The number of benzene rings is 1. The average Bonchev–Trinajstić information content (AvgIpc) is 2.47. The molecule has 24 heavy (non-hydrogen) atoms. The van der Waals surface area contributed by atoms with Crippen molar-refractivity contribution >= 4 is 22.0 Å². The molecule has 11 heteroatoms. The van der Waals surface area contributed by atoms with Crippen molar-refractivity contribution in [1.82, 2.24) is 15.4 Å². The molecule has 0 aliphatic rings. The van der Waals surface area contributed by atoms with Crippen LogP contribution in [0.15, 0.2) is 23.1 Å². The van der Waals surface area contributed by atoms with E-state index in [9.17, 15) is 26.8 Å². The molecule has 0 saturated heterocycles.